The molecule has 1 aromatic carbocycles. The van der Waals surface area contributed by atoms with Crippen LogP contribution < -0.4 is 10.9 Å². The fraction of sp³-hybridized carbons (Fsp3) is 0.286. The van der Waals surface area contributed by atoms with Crippen molar-refractivity contribution in [3.8, 4) is 0 Å². The van der Waals surface area contributed by atoms with E-state index in [-0.39, 0.29) is 17.2 Å². The summed E-state index contributed by atoms with van der Waals surface area (Å²) in [4.78, 5) is 30.1. The highest BCUT2D eigenvalue weighted by Crippen LogP contribution is 2.13. The molecule has 0 aliphatic carbocycles. The second-order valence-corrected chi connectivity index (χ2v) is 6.68. The van der Waals surface area contributed by atoms with E-state index >= 15 is 0 Å². The Kier molecular flexibility index (Phi) is 5.66. The minimum Gasteiger partial charge on any atom is -0.383 e. The lowest BCUT2D eigenvalue weighted by Crippen LogP contribution is -2.39. The summed E-state index contributed by atoms with van der Waals surface area (Å²) < 4.78 is 6.60. The van der Waals surface area contributed by atoms with Crippen LogP contribution >= 0.6 is 0 Å². The summed E-state index contributed by atoms with van der Waals surface area (Å²) >= 11 is 0. The molecule has 140 valence electrons. The molecule has 0 radical (unpaired) electrons. The number of fused-ring (bicyclic) bond motifs is 1. The molecule has 0 aliphatic rings. The number of hydrogen-bond acceptors (Lipinski definition) is 4. The Balaban J connectivity index is 2.05. The summed E-state index contributed by atoms with van der Waals surface area (Å²) in [5.41, 5.74) is 2.42. The topological polar surface area (TPSA) is 73.2 Å². The van der Waals surface area contributed by atoms with E-state index in [1.165, 1.54) is 0 Å². The van der Waals surface area contributed by atoms with Crippen LogP contribution in [-0.4, -0.2) is 35.2 Å². The van der Waals surface area contributed by atoms with Gasteiger partial charge in [0, 0.05) is 24.7 Å². The Hall–Kier alpha value is -2.99. The highest BCUT2D eigenvalue weighted by Gasteiger charge is 2.18. The van der Waals surface area contributed by atoms with Crippen LogP contribution in [0, 0.1) is 6.92 Å². The lowest BCUT2D eigenvalue weighted by atomic mass is 10.1. The van der Waals surface area contributed by atoms with Gasteiger partial charge in [-0.1, -0.05) is 29.8 Å². The largest absolute Gasteiger partial charge is 0.383 e. The molecule has 1 N–H and O–H groups in total. The monoisotopic (exact) mass is 365 g/mol. The normalized spacial score (nSPS) is 12.1. The lowest BCUT2D eigenvalue weighted by Gasteiger charge is -2.15. The number of carbonyl (C=O) groups excluding carboxylic acids is 1. The molecule has 3 aromatic rings. The molecule has 3 rings (SSSR count). The minimum atomic E-state index is -0.409. The van der Waals surface area contributed by atoms with Gasteiger partial charge >= 0.3 is 0 Å². The molecule has 6 nitrogen and oxygen atoms in total. The standard InChI is InChI=1S/C21H23N3O3/c1-14-6-8-16(9-7-14)12-24-19-17(5-4-10-22-19)11-18(21(24)26)20(25)23-15(2)13-27-3/h4-11,15H,12-13H2,1-3H3,(H,23,25). The summed E-state index contributed by atoms with van der Waals surface area (Å²) in [5.74, 6) is -0.409. The first-order chi connectivity index (χ1) is 13.0. The van der Waals surface area contributed by atoms with Gasteiger partial charge in [0.25, 0.3) is 11.5 Å². The summed E-state index contributed by atoms with van der Waals surface area (Å²) in [6.07, 6.45) is 1.65. The number of carbonyl (C=O) groups is 1. The van der Waals surface area contributed by atoms with E-state index in [2.05, 4.69) is 10.3 Å². The van der Waals surface area contributed by atoms with Crippen molar-refractivity contribution >= 4 is 16.9 Å². The third-order valence-corrected chi connectivity index (χ3v) is 4.35. The lowest BCUT2D eigenvalue weighted by molar-refractivity contribution is 0.0903. The van der Waals surface area contributed by atoms with Gasteiger partial charge in [0.1, 0.15) is 11.2 Å². The van der Waals surface area contributed by atoms with Crippen LogP contribution in [0.4, 0.5) is 0 Å². The molecule has 0 spiro atoms. The van der Waals surface area contributed by atoms with E-state index in [0.717, 1.165) is 16.5 Å². The van der Waals surface area contributed by atoms with E-state index < -0.39 is 5.91 Å². The van der Waals surface area contributed by atoms with E-state index in [4.69, 9.17) is 4.74 Å². The van der Waals surface area contributed by atoms with Gasteiger partial charge in [-0.25, -0.2) is 4.98 Å². The van der Waals surface area contributed by atoms with Crippen molar-refractivity contribution in [2.24, 2.45) is 0 Å². The van der Waals surface area contributed by atoms with Crippen molar-refractivity contribution in [1.29, 1.82) is 0 Å². The molecule has 2 heterocycles. The SMILES string of the molecule is COCC(C)NC(=O)c1cc2cccnc2n(Cc2ccc(C)cc2)c1=O. The fourth-order valence-corrected chi connectivity index (χ4v) is 2.99. The molecule has 0 bridgehead atoms. The minimum absolute atomic E-state index is 0.102. The van der Waals surface area contributed by atoms with Gasteiger partial charge in [0.05, 0.1) is 13.2 Å². The van der Waals surface area contributed by atoms with Crippen molar-refractivity contribution in [3.05, 3.63) is 75.7 Å². The van der Waals surface area contributed by atoms with Crippen LogP contribution in [0.15, 0.2) is 53.5 Å². The Morgan fingerprint density at radius 2 is 2.00 bits per heavy atom. The van der Waals surface area contributed by atoms with Crippen LogP contribution in [0.2, 0.25) is 0 Å². The first kappa shape index (κ1) is 18.8. The van der Waals surface area contributed by atoms with Crippen LogP contribution in [-0.2, 0) is 11.3 Å². The van der Waals surface area contributed by atoms with Gasteiger partial charge in [-0.2, -0.15) is 0 Å². The van der Waals surface area contributed by atoms with E-state index in [0.29, 0.717) is 18.8 Å². The average Bonchev–Trinajstić information content (AvgIpc) is 2.65. The quantitative estimate of drug-likeness (QED) is 0.728. The van der Waals surface area contributed by atoms with Crippen molar-refractivity contribution in [2.45, 2.75) is 26.4 Å². The molecule has 1 amide bonds. The third kappa shape index (κ3) is 4.23. The molecule has 0 aliphatic heterocycles. The maximum Gasteiger partial charge on any atom is 0.265 e. The maximum absolute atomic E-state index is 13.1. The number of amides is 1. The highest BCUT2D eigenvalue weighted by atomic mass is 16.5. The van der Waals surface area contributed by atoms with E-state index in [9.17, 15) is 9.59 Å². The Labute approximate surface area is 157 Å². The smallest absolute Gasteiger partial charge is 0.265 e. The molecule has 1 atom stereocenters. The molecular formula is C21H23N3O3. The van der Waals surface area contributed by atoms with Gasteiger partial charge in [0.2, 0.25) is 0 Å². The molecular weight excluding hydrogens is 342 g/mol. The summed E-state index contributed by atoms with van der Waals surface area (Å²) in [6.45, 7) is 4.56. The number of nitrogens with zero attached hydrogens (tertiary/aromatic N) is 2. The van der Waals surface area contributed by atoms with Gasteiger partial charge < -0.3 is 10.1 Å². The number of aryl methyl sites for hydroxylation is 1. The number of pyridine rings is 2. The number of benzene rings is 1. The Morgan fingerprint density at radius 3 is 2.70 bits per heavy atom. The average molecular weight is 365 g/mol. The van der Waals surface area contributed by atoms with Crippen molar-refractivity contribution in [1.82, 2.24) is 14.9 Å². The summed E-state index contributed by atoms with van der Waals surface area (Å²) in [7, 11) is 1.57. The molecule has 0 fully saturated rings. The number of hydrogen-bond donors (Lipinski definition) is 1. The number of rotatable bonds is 6. The second-order valence-electron chi connectivity index (χ2n) is 6.68. The molecule has 0 saturated carbocycles. The molecule has 2 aromatic heterocycles. The van der Waals surface area contributed by atoms with Gasteiger partial charge in [0.15, 0.2) is 0 Å². The van der Waals surface area contributed by atoms with Gasteiger partial charge in [-0.15, -0.1) is 0 Å². The highest BCUT2D eigenvalue weighted by molar-refractivity contribution is 5.97. The maximum atomic E-state index is 13.1. The molecule has 0 saturated heterocycles. The molecule has 6 heteroatoms. The van der Waals surface area contributed by atoms with Crippen molar-refractivity contribution in [3.63, 3.8) is 0 Å². The summed E-state index contributed by atoms with van der Waals surface area (Å²) in [6, 6.07) is 13.0. The zero-order valence-corrected chi connectivity index (χ0v) is 15.7. The zero-order chi connectivity index (χ0) is 19.4. The van der Waals surface area contributed by atoms with E-state index in [1.54, 1.807) is 30.0 Å². The predicted molar refractivity (Wildman–Crippen MR) is 105 cm³/mol. The van der Waals surface area contributed by atoms with E-state index in [1.807, 2.05) is 44.2 Å². The summed E-state index contributed by atoms with van der Waals surface area (Å²) in [5, 5.41) is 3.55. The first-order valence-corrected chi connectivity index (χ1v) is 8.83. The fourth-order valence-electron chi connectivity index (χ4n) is 2.99. The van der Waals surface area contributed by atoms with Crippen molar-refractivity contribution < 1.29 is 9.53 Å². The Bertz CT molecular complexity index is 1010. The van der Waals surface area contributed by atoms with Crippen LogP contribution in [0.3, 0.4) is 0 Å². The second kappa shape index (κ2) is 8.14. The molecule has 1 unspecified atom stereocenters. The van der Waals surface area contributed by atoms with Crippen LogP contribution in [0.5, 0.6) is 0 Å². The number of nitrogens with one attached hydrogen (secondary N) is 1. The Morgan fingerprint density at radius 1 is 1.26 bits per heavy atom. The van der Waals surface area contributed by atoms with Crippen LogP contribution in [0.1, 0.15) is 28.4 Å². The van der Waals surface area contributed by atoms with Crippen molar-refractivity contribution in [2.75, 3.05) is 13.7 Å². The zero-order valence-electron chi connectivity index (χ0n) is 15.7. The first-order valence-electron chi connectivity index (χ1n) is 8.83. The van der Waals surface area contributed by atoms with Gasteiger partial charge in [-0.05, 0) is 37.6 Å². The number of methoxy groups -OCH3 is 1. The molecule has 27 heavy (non-hydrogen) atoms. The number of aromatic nitrogens is 2. The van der Waals surface area contributed by atoms with Crippen LogP contribution in [0.25, 0.3) is 11.0 Å². The predicted octanol–water partition coefficient (Wildman–Crippen LogP) is 2.52. The third-order valence-electron chi connectivity index (χ3n) is 4.35. The van der Waals surface area contributed by atoms with Gasteiger partial charge in [-0.3, -0.25) is 14.2 Å². The number of ether oxygens (including phenoxy) is 1.